The van der Waals surface area contributed by atoms with Gasteiger partial charge in [-0.2, -0.15) is 0 Å². The first-order valence-electron chi connectivity index (χ1n) is 9.31. The predicted octanol–water partition coefficient (Wildman–Crippen LogP) is 2.72. The van der Waals surface area contributed by atoms with Crippen LogP contribution < -0.4 is 5.32 Å². The van der Waals surface area contributed by atoms with Gasteiger partial charge in [-0.15, -0.1) is 0 Å². The number of carboxylic acids is 1. The quantitative estimate of drug-likeness (QED) is 0.818. The minimum Gasteiger partial charge on any atom is -0.481 e. The zero-order valence-electron chi connectivity index (χ0n) is 15.5. The summed E-state index contributed by atoms with van der Waals surface area (Å²) in [5.74, 6) is -0.186. The molecule has 0 spiro atoms. The van der Waals surface area contributed by atoms with Crippen LogP contribution in [0.1, 0.15) is 37.1 Å². The highest BCUT2D eigenvalue weighted by atomic mass is 16.4. The molecule has 0 atom stereocenters. The van der Waals surface area contributed by atoms with Crippen LogP contribution in [-0.4, -0.2) is 44.6 Å². The minimum atomic E-state index is -0.734. The molecular weight excluding hydrogens is 344 g/mol. The van der Waals surface area contributed by atoms with E-state index in [2.05, 4.69) is 22.4 Å². The highest BCUT2D eigenvalue weighted by Gasteiger charge is 2.27. The molecule has 1 aliphatic rings. The molecule has 0 aliphatic heterocycles. The lowest BCUT2D eigenvalue weighted by Crippen LogP contribution is -2.44. The van der Waals surface area contributed by atoms with Crippen molar-refractivity contribution in [2.75, 3.05) is 7.05 Å². The van der Waals surface area contributed by atoms with Crippen LogP contribution in [0.25, 0.3) is 0 Å². The van der Waals surface area contributed by atoms with Gasteiger partial charge >= 0.3 is 12.0 Å². The van der Waals surface area contributed by atoms with Crippen LogP contribution in [0, 0.1) is 5.92 Å². The van der Waals surface area contributed by atoms with Crippen molar-refractivity contribution < 1.29 is 14.7 Å². The van der Waals surface area contributed by atoms with Crippen LogP contribution in [0.5, 0.6) is 0 Å². The molecule has 2 amide bonds. The van der Waals surface area contributed by atoms with Gasteiger partial charge in [0.25, 0.3) is 0 Å². The Morgan fingerprint density at radius 1 is 1.22 bits per heavy atom. The van der Waals surface area contributed by atoms with E-state index in [0.29, 0.717) is 38.8 Å². The van der Waals surface area contributed by atoms with Gasteiger partial charge in [0.15, 0.2) is 0 Å². The number of benzene rings is 1. The van der Waals surface area contributed by atoms with Crippen LogP contribution in [0.2, 0.25) is 0 Å². The summed E-state index contributed by atoms with van der Waals surface area (Å²) in [6, 6.07) is 10.0. The van der Waals surface area contributed by atoms with Gasteiger partial charge in [0.2, 0.25) is 0 Å². The van der Waals surface area contributed by atoms with Crippen molar-refractivity contribution in [1.29, 1.82) is 0 Å². The van der Waals surface area contributed by atoms with Crippen molar-refractivity contribution in [3.8, 4) is 0 Å². The van der Waals surface area contributed by atoms with Gasteiger partial charge < -0.3 is 19.9 Å². The number of hydrogen-bond donors (Lipinski definition) is 2. The smallest absolute Gasteiger partial charge is 0.317 e. The van der Waals surface area contributed by atoms with Crippen LogP contribution in [0.3, 0.4) is 0 Å². The van der Waals surface area contributed by atoms with E-state index in [0.717, 1.165) is 5.82 Å². The number of carbonyl (C=O) groups is 2. The third kappa shape index (κ3) is 5.09. The lowest BCUT2D eigenvalue weighted by molar-refractivity contribution is -0.142. The standard InChI is InChI=1S/C20H26N4O3/c1-23(20(27)22-17-9-7-16(8-10-17)19(25)26)14-18-21-11-12-24(18)13-15-5-3-2-4-6-15/h2-6,11-12,16-17H,7-10,13-14H2,1H3,(H,22,27)(H,25,26). The van der Waals surface area contributed by atoms with Crippen molar-refractivity contribution in [2.24, 2.45) is 5.92 Å². The Morgan fingerprint density at radius 2 is 1.93 bits per heavy atom. The third-order valence-corrected chi connectivity index (χ3v) is 5.13. The normalized spacial score (nSPS) is 19.4. The molecule has 0 radical (unpaired) electrons. The Labute approximate surface area is 159 Å². The van der Waals surface area contributed by atoms with Crippen molar-refractivity contribution in [1.82, 2.24) is 19.8 Å². The first-order valence-corrected chi connectivity index (χ1v) is 9.31. The molecule has 1 heterocycles. The van der Waals surface area contributed by atoms with Gasteiger partial charge in [-0.05, 0) is 31.2 Å². The van der Waals surface area contributed by atoms with Crippen LogP contribution >= 0.6 is 0 Å². The third-order valence-electron chi connectivity index (χ3n) is 5.13. The summed E-state index contributed by atoms with van der Waals surface area (Å²) < 4.78 is 2.04. The summed E-state index contributed by atoms with van der Waals surface area (Å²) in [7, 11) is 1.75. The maximum atomic E-state index is 12.5. The lowest BCUT2D eigenvalue weighted by atomic mass is 9.86. The molecule has 1 aromatic heterocycles. The molecule has 144 valence electrons. The highest BCUT2D eigenvalue weighted by Crippen LogP contribution is 2.24. The molecule has 7 heteroatoms. The van der Waals surface area contributed by atoms with E-state index in [-0.39, 0.29) is 18.0 Å². The summed E-state index contributed by atoms with van der Waals surface area (Å²) >= 11 is 0. The fourth-order valence-electron chi connectivity index (χ4n) is 3.47. The molecule has 1 fully saturated rings. The Kier molecular flexibility index (Phi) is 6.11. The van der Waals surface area contributed by atoms with Crippen molar-refractivity contribution in [3.05, 3.63) is 54.1 Å². The van der Waals surface area contributed by atoms with Gasteiger partial charge in [0, 0.05) is 32.0 Å². The Bertz CT molecular complexity index is 767. The van der Waals surface area contributed by atoms with E-state index in [1.165, 1.54) is 5.56 Å². The SMILES string of the molecule is CN(Cc1nccn1Cc1ccccc1)C(=O)NC1CCC(C(=O)O)CC1. The number of nitrogens with one attached hydrogen (secondary N) is 1. The molecule has 1 aromatic carbocycles. The number of aliphatic carboxylic acids is 1. The first kappa shape index (κ1) is 18.9. The van der Waals surface area contributed by atoms with E-state index >= 15 is 0 Å². The van der Waals surface area contributed by atoms with Gasteiger partial charge in [-0.3, -0.25) is 4.79 Å². The first-order chi connectivity index (χ1) is 13.0. The average molecular weight is 370 g/mol. The second kappa shape index (κ2) is 8.70. The molecule has 1 saturated carbocycles. The fourth-order valence-corrected chi connectivity index (χ4v) is 3.47. The second-order valence-corrected chi connectivity index (χ2v) is 7.15. The predicted molar refractivity (Wildman–Crippen MR) is 101 cm³/mol. The van der Waals surface area contributed by atoms with Crippen LogP contribution in [-0.2, 0) is 17.9 Å². The molecule has 1 aliphatic carbocycles. The van der Waals surface area contributed by atoms with Crippen molar-refractivity contribution in [3.63, 3.8) is 0 Å². The average Bonchev–Trinajstić information content (AvgIpc) is 3.09. The van der Waals surface area contributed by atoms with Gasteiger partial charge in [-0.25, -0.2) is 9.78 Å². The number of carboxylic acid groups (broad SMARTS) is 1. The fraction of sp³-hybridized carbons (Fsp3) is 0.450. The van der Waals surface area contributed by atoms with Crippen LogP contribution in [0.15, 0.2) is 42.7 Å². The number of rotatable bonds is 6. The summed E-state index contributed by atoms with van der Waals surface area (Å²) in [6.45, 7) is 1.13. The Balaban J connectivity index is 1.52. The molecule has 27 heavy (non-hydrogen) atoms. The van der Waals surface area contributed by atoms with Gasteiger partial charge in [0.05, 0.1) is 12.5 Å². The molecule has 0 bridgehead atoms. The number of hydrogen-bond acceptors (Lipinski definition) is 3. The molecular formula is C20H26N4O3. The monoisotopic (exact) mass is 370 g/mol. The van der Waals surface area contributed by atoms with E-state index in [1.54, 1.807) is 18.1 Å². The zero-order valence-corrected chi connectivity index (χ0v) is 15.5. The summed E-state index contributed by atoms with van der Waals surface area (Å²) in [5, 5.41) is 12.1. The number of nitrogens with zero attached hydrogens (tertiary/aromatic N) is 3. The minimum absolute atomic E-state index is 0.0413. The molecule has 2 aromatic rings. The molecule has 0 saturated heterocycles. The maximum Gasteiger partial charge on any atom is 0.317 e. The summed E-state index contributed by atoms with van der Waals surface area (Å²) in [6.07, 6.45) is 6.31. The van der Waals surface area contributed by atoms with Gasteiger partial charge in [0.1, 0.15) is 5.82 Å². The van der Waals surface area contributed by atoms with E-state index < -0.39 is 5.97 Å². The van der Waals surface area contributed by atoms with Crippen molar-refractivity contribution in [2.45, 2.75) is 44.8 Å². The number of carbonyl (C=O) groups excluding carboxylic acids is 1. The number of urea groups is 1. The lowest BCUT2D eigenvalue weighted by Gasteiger charge is -2.28. The van der Waals surface area contributed by atoms with Crippen LogP contribution in [0.4, 0.5) is 4.79 Å². The van der Waals surface area contributed by atoms with E-state index in [1.807, 2.05) is 29.0 Å². The highest BCUT2D eigenvalue weighted by molar-refractivity contribution is 5.74. The van der Waals surface area contributed by atoms with Gasteiger partial charge in [-0.1, -0.05) is 30.3 Å². The zero-order chi connectivity index (χ0) is 19.2. The second-order valence-electron chi connectivity index (χ2n) is 7.15. The molecule has 3 rings (SSSR count). The van der Waals surface area contributed by atoms with Crippen molar-refractivity contribution >= 4 is 12.0 Å². The Hall–Kier alpha value is -2.83. The molecule has 0 unspecified atom stereocenters. The maximum absolute atomic E-state index is 12.5. The molecule has 2 N–H and O–H groups in total. The number of imidazole rings is 1. The largest absolute Gasteiger partial charge is 0.481 e. The summed E-state index contributed by atoms with van der Waals surface area (Å²) in [4.78, 5) is 29.5. The Morgan fingerprint density at radius 3 is 2.59 bits per heavy atom. The number of amides is 2. The molecule has 7 nitrogen and oxygen atoms in total. The summed E-state index contributed by atoms with van der Waals surface area (Å²) in [5.41, 5.74) is 1.18. The number of aromatic nitrogens is 2. The van der Waals surface area contributed by atoms with E-state index in [4.69, 9.17) is 5.11 Å². The topological polar surface area (TPSA) is 87.5 Å². The van der Waals surface area contributed by atoms with E-state index in [9.17, 15) is 9.59 Å².